The van der Waals surface area contributed by atoms with E-state index in [2.05, 4.69) is 15.5 Å². The molecule has 1 aliphatic rings. The summed E-state index contributed by atoms with van der Waals surface area (Å²) in [6.07, 6.45) is 4.31. The first-order chi connectivity index (χ1) is 13.4. The Kier molecular flexibility index (Phi) is 4.78. The van der Waals surface area contributed by atoms with Crippen LogP contribution in [0.4, 0.5) is 0 Å². The highest BCUT2D eigenvalue weighted by molar-refractivity contribution is 5.84. The van der Waals surface area contributed by atoms with Crippen molar-refractivity contribution in [1.29, 1.82) is 0 Å². The van der Waals surface area contributed by atoms with Gasteiger partial charge in [-0.2, -0.15) is 4.98 Å². The van der Waals surface area contributed by atoms with Crippen molar-refractivity contribution in [3.8, 4) is 11.4 Å². The molecule has 148 valence electrons. The molecule has 0 atom stereocenters. The summed E-state index contributed by atoms with van der Waals surface area (Å²) in [5, 5.41) is 7.02. The van der Waals surface area contributed by atoms with E-state index in [9.17, 15) is 9.59 Å². The monoisotopic (exact) mass is 383 g/mol. The smallest absolute Gasteiger partial charge is 0.329 e. The van der Waals surface area contributed by atoms with Gasteiger partial charge in [0.15, 0.2) is 0 Å². The largest absolute Gasteiger partial charge is 0.352 e. The molecule has 8 heteroatoms. The molecule has 8 nitrogen and oxygen atoms in total. The van der Waals surface area contributed by atoms with Crippen molar-refractivity contribution in [3.05, 3.63) is 34.6 Å². The molecule has 1 saturated carbocycles. The second-order valence-corrected chi connectivity index (χ2v) is 7.72. The number of carbonyl (C=O) groups excluding carboxylic acids is 1. The Labute approximate surface area is 162 Å². The number of rotatable bonds is 5. The number of hydrogen-bond acceptors (Lipinski definition) is 5. The van der Waals surface area contributed by atoms with E-state index in [1.165, 1.54) is 4.57 Å². The number of carbonyl (C=O) groups is 1. The summed E-state index contributed by atoms with van der Waals surface area (Å²) >= 11 is 0. The van der Waals surface area contributed by atoms with Crippen LogP contribution in [0.15, 0.2) is 27.5 Å². The van der Waals surface area contributed by atoms with Crippen molar-refractivity contribution >= 4 is 16.9 Å². The van der Waals surface area contributed by atoms with Gasteiger partial charge in [0.25, 0.3) is 0 Å². The predicted octanol–water partition coefficient (Wildman–Crippen LogP) is 2.80. The minimum absolute atomic E-state index is 0.000276. The van der Waals surface area contributed by atoms with E-state index in [0.717, 1.165) is 36.8 Å². The molecule has 1 fully saturated rings. The van der Waals surface area contributed by atoms with Crippen LogP contribution in [0.3, 0.4) is 0 Å². The lowest BCUT2D eigenvalue weighted by Gasteiger charge is -2.12. The van der Waals surface area contributed by atoms with Gasteiger partial charge in [0.05, 0.1) is 11.0 Å². The number of benzene rings is 1. The number of nitrogens with one attached hydrogen (secondary N) is 1. The van der Waals surface area contributed by atoms with Gasteiger partial charge in [-0.15, -0.1) is 0 Å². The summed E-state index contributed by atoms with van der Waals surface area (Å²) in [4.78, 5) is 29.9. The minimum atomic E-state index is -0.187. The van der Waals surface area contributed by atoms with Crippen LogP contribution in [0.5, 0.6) is 0 Å². The lowest BCUT2D eigenvalue weighted by atomic mass is 10.2. The SMILES string of the molecule is Cc1nc(-c2ccc3c(c2)n(CC(=O)NC2CCCC2)c(=O)n3C(C)C)no1. The highest BCUT2D eigenvalue weighted by Crippen LogP contribution is 2.24. The van der Waals surface area contributed by atoms with E-state index in [1.54, 1.807) is 11.5 Å². The van der Waals surface area contributed by atoms with E-state index in [0.29, 0.717) is 17.2 Å². The molecule has 1 amide bonds. The molecule has 2 heterocycles. The van der Waals surface area contributed by atoms with Crippen LogP contribution in [0, 0.1) is 6.92 Å². The number of nitrogens with zero attached hydrogens (tertiary/aromatic N) is 4. The van der Waals surface area contributed by atoms with Gasteiger partial charge in [0.1, 0.15) is 6.54 Å². The van der Waals surface area contributed by atoms with Gasteiger partial charge in [-0.05, 0) is 44.9 Å². The summed E-state index contributed by atoms with van der Waals surface area (Å²) in [7, 11) is 0. The van der Waals surface area contributed by atoms with Gasteiger partial charge < -0.3 is 9.84 Å². The van der Waals surface area contributed by atoms with Crippen molar-refractivity contribution in [1.82, 2.24) is 24.6 Å². The number of hydrogen-bond donors (Lipinski definition) is 1. The van der Waals surface area contributed by atoms with Crippen molar-refractivity contribution in [2.45, 2.75) is 65.1 Å². The van der Waals surface area contributed by atoms with Gasteiger partial charge in [0.2, 0.25) is 17.6 Å². The molecule has 0 spiro atoms. The van der Waals surface area contributed by atoms with Crippen molar-refractivity contribution in [2.75, 3.05) is 0 Å². The molecule has 1 aliphatic carbocycles. The fraction of sp³-hybridized carbons (Fsp3) is 0.500. The van der Waals surface area contributed by atoms with Crippen molar-refractivity contribution < 1.29 is 9.32 Å². The Morgan fingerprint density at radius 2 is 2.04 bits per heavy atom. The van der Waals surface area contributed by atoms with Crippen LogP contribution >= 0.6 is 0 Å². The van der Waals surface area contributed by atoms with Gasteiger partial charge in [-0.3, -0.25) is 13.9 Å². The molecule has 1 aromatic carbocycles. The van der Waals surface area contributed by atoms with Crippen molar-refractivity contribution in [2.24, 2.45) is 0 Å². The number of aromatic nitrogens is 4. The molecule has 3 aromatic rings. The number of imidazole rings is 1. The molecule has 28 heavy (non-hydrogen) atoms. The molecular formula is C20H25N5O3. The van der Waals surface area contributed by atoms with Crippen LogP contribution in [-0.4, -0.2) is 31.2 Å². The number of amides is 1. The molecule has 0 aliphatic heterocycles. The van der Waals surface area contributed by atoms with Gasteiger partial charge in [-0.1, -0.05) is 18.0 Å². The zero-order valence-electron chi connectivity index (χ0n) is 16.4. The molecule has 0 bridgehead atoms. The third-order valence-electron chi connectivity index (χ3n) is 5.29. The van der Waals surface area contributed by atoms with Crippen molar-refractivity contribution in [3.63, 3.8) is 0 Å². The van der Waals surface area contributed by atoms with Crippen LogP contribution in [0.1, 0.15) is 51.5 Å². The Morgan fingerprint density at radius 3 is 2.68 bits per heavy atom. The predicted molar refractivity (Wildman–Crippen MR) is 105 cm³/mol. The first kappa shape index (κ1) is 18.5. The zero-order chi connectivity index (χ0) is 19.8. The molecule has 0 radical (unpaired) electrons. The lowest BCUT2D eigenvalue weighted by Crippen LogP contribution is -2.38. The average molecular weight is 383 g/mol. The maximum atomic E-state index is 13.1. The molecule has 4 rings (SSSR count). The Morgan fingerprint density at radius 1 is 1.29 bits per heavy atom. The molecule has 0 unspecified atom stereocenters. The number of aryl methyl sites for hydroxylation is 1. The standard InChI is InChI=1S/C20H25N5O3/c1-12(2)25-16-9-8-14(19-21-13(3)28-23-19)10-17(16)24(20(25)27)11-18(26)22-15-6-4-5-7-15/h8-10,12,15H,4-7,11H2,1-3H3,(H,22,26). The summed E-state index contributed by atoms with van der Waals surface area (Å²) < 4.78 is 8.32. The molecule has 1 N–H and O–H groups in total. The summed E-state index contributed by atoms with van der Waals surface area (Å²) in [6.45, 7) is 5.65. The maximum Gasteiger partial charge on any atom is 0.329 e. The molecular weight excluding hydrogens is 358 g/mol. The Balaban J connectivity index is 1.75. The Hall–Kier alpha value is -2.90. The molecule has 0 saturated heterocycles. The first-order valence-electron chi connectivity index (χ1n) is 9.79. The second kappa shape index (κ2) is 7.26. The second-order valence-electron chi connectivity index (χ2n) is 7.72. The average Bonchev–Trinajstić information content (AvgIpc) is 3.36. The van der Waals surface area contributed by atoms with E-state index in [1.807, 2.05) is 32.0 Å². The topological polar surface area (TPSA) is 95.0 Å². The summed E-state index contributed by atoms with van der Waals surface area (Å²) in [5.74, 6) is 0.812. The van der Waals surface area contributed by atoms with E-state index in [4.69, 9.17) is 4.52 Å². The fourth-order valence-corrected chi connectivity index (χ4v) is 3.97. The maximum absolute atomic E-state index is 13.1. The molecule has 2 aromatic heterocycles. The quantitative estimate of drug-likeness (QED) is 0.731. The highest BCUT2D eigenvalue weighted by atomic mass is 16.5. The van der Waals surface area contributed by atoms with Crippen LogP contribution in [0.25, 0.3) is 22.4 Å². The Bertz CT molecular complexity index is 1070. The summed E-state index contributed by atoms with van der Waals surface area (Å²) in [6, 6.07) is 5.80. The van der Waals surface area contributed by atoms with E-state index < -0.39 is 0 Å². The van der Waals surface area contributed by atoms with Gasteiger partial charge in [-0.25, -0.2) is 4.79 Å². The lowest BCUT2D eigenvalue weighted by molar-refractivity contribution is -0.122. The third-order valence-corrected chi connectivity index (χ3v) is 5.29. The fourth-order valence-electron chi connectivity index (χ4n) is 3.97. The van der Waals surface area contributed by atoms with Crippen LogP contribution in [-0.2, 0) is 11.3 Å². The zero-order valence-corrected chi connectivity index (χ0v) is 16.4. The van der Waals surface area contributed by atoms with E-state index in [-0.39, 0.29) is 30.2 Å². The van der Waals surface area contributed by atoms with Crippen LogP contribution in [0.2, 0.25) is 0 Å². The highest BCUT2D eigenvalue weighted by Gasteiger charge is 2.21. The first-order valence-corrected chi connectivity index (χ1v) is 9.79. The van der Waals surface area contributed by atoms with Gasteiger partial charge >= 0.3 is 5.69 Å². The normalized spacial score (nSPS) is 15.0. The minimum Gasteiger partial charge on any atom is -0.352 e. The number of fused-ring (bicyclic) bond motifs is 1. The summed E-state index contributed by atoms with van der Waals surface area (Å²) in [5.41, 5.74) is 2.04. The van der Waals surface area contributed by atoms with Gasteiger partial charge in [0, 0.05) is 24.6 Å². The van der Waals surface area contributed by atoms with Crippen LogP contribution < -0.4 is 11.0 Å². The van der Waals surface area contributed by atoms with E-state index >= 15 is 0 Å². The third kappa shape index (κ3) is 3.34.